The van der Waals surface area contributed by atoms with Crippen molar-refractivity contribution in [2.45, 2.75) is 25.7 Å². The van der Waals surface area contributed by atoms with Crippen LogP contribution in [0.4, 0.5) is 18.9 Å². The molecule has 0 radical (unpaired) electrons. The van der Waals surface area contributed by atoms with Crippen LogP contribution in [0.3, 0.4) is 0 Å². The van der Waals surface area contributed by atoms with Crippen molar-refractivity contribution in [1.29, 1.82) is 0 Å². The maximum atomic E-state index is 12.3. The summed E-state index contributed by atoms with van der Waals surface area (Å²) >= 11 is 5.96. The quantitative estimate of drug-likeness (QED) is 0.746. The topological polar surface area (TPSA) is 64.7 Å². The van der Waals surface area contributed by atoms with Gasteiger partial charge in [0.2, 0.25) is 5.91 Å². The van der Waals surface area contributed by atoms with Crippen molar-refractivity contribution in [2.24, 2.45) is 0 Å². The molecule has 0 bridgehead atoms. The van der Waals surface area contributed by atoms with Crippen LogP contribution in [-0.2, 0) is 17.9 Å². The maximum Gasteiger partial charge on any atom is 0.408 e. The normalized spacial score (nSPS) is 11.8. The van der Waals surface area contributed by atoms with Gasteiger partial charge in [-0.05, 0) is 18.2 Å². The summed E-state index contributed by atoms with van der Waals surface area (Å²) in [6.45, 7) is -0.894. The summed E-state index contributed by atoms with van der Waals surface area (Å²) in [5, 5.41) is 11.7. The average Bonchev–Trinajstić information content (AvgIpc) is 3.10. The molecule has 0 fully saturated rings. The summed E-state index contributed by atoms with van der Waals surface area (Å²) in [6.07, 6.45) is -0.282. The van der Waals surface area contributed by atoms with E-state index in [1.54, 1.807) is 23.0 Å². The van der Waals surface area contributed by atoms with E-state index in [-0.39, 0.29) is 18.0 Å². The second-order valence-electron chi connectivity index (χ2n) is 5.41. The lowest BCUT2D eigenvalue weighted by Gasteiger charge is -2.06. The third-order valence-electron chi connectivity index (χ3n) is 3.42. The predicted molar refractivity (Wildman–Crippen MR) is 86.3 cm³/mol. The molecule has 6 nitrogen and oxygen atoms in total. The van der Waals surface area contributed by atoms with Crippen molar-refractivity contribution >= 4 is 34.1 Å². The van der Waals surface area contributed by atoms with E-state index >= 15 is 0 Å². The van der Waals surface area contributed by atoms with Crippen molar-refractivity contribution in [2.75, 3.05) is 5.32 Å². The van der Waals surface area contributed by atoms with Crippen LogP contribution in [0.5, 0.6) is 0 Å². The van der Waals surface area contributed by atoms with E-state index in [0.717, 1.165) is 21.8 Å². The highest BCUT2D eigenvalue weighted by Gasteiger charge is 2.28. The first-order valence-corrected chi connectivity index (χ1v) is 7.68. The number of amides is 1. The maximum absolute atomic E-state index is 12.3. The van der Waals surface area contributed by atoms with E-state index in [4.69, 9.17) is 11.6 Å². The van der Waals surface area contributed by atoms with E-state index in [0.29, 0.717) is 11.6 Å². The lowest BCUT2D eigenvalue weighted by Crippen LogP contribution is -2.18. The Labute approximate surface area is 145 Å². The van der Waals surface area contributed by atoms with E-state index in [9.17, 15) is 18.0 Å². The van der Waals surface area contributed by atoms with Gasteiger partial charge in [0.05, 0.1) is 30.1 Å². The lowest BCUT2D eigenvalue weighted by atomic mass is 10.2. The SMILES string of the molecule is O=C(CCn1ncc2ccc(Cl)cc21)Nc1cnn(CC(F)(F)F)c1. The van der Waals surface area contributed by atoms with Crippen molar-refractivity contribution in [3.8, 4) is 0 Å². The van der Waals surface area contributed by atoms with E-state index in [1.807, 2.05) is 6.07 Å². The third kappa shape index (κ3) is 4.50. The molecule has 0 saturated carbocycles. The molecule has 25 heavy (non-hydrogen) atoms. The van der Waals surface area contributed by atoms with Gasteiger partial charge < -0.3 is 5.32 Å². The van der Waals surface area contributed by atoms with Crippen LogP contribution in [0, 0.1) is 0 Å². The molecule has 0 aliphatic carbocycles. The number of alkyl halides is 3. The van der Waals surface area contributed by atoms with Gasteiger partial charge in [0, 0.05) is 23.0 Å². The zero-order chi connectivity index (χ0) is 18.0. The molecular weight excluding hydrogens is 359 g/mol. The van der Waals surface area contributed by atoms with Crippen LogP contribution in [-0.4, -0.2) is 31.6 Å². The highest BCUT2D eigenvalue weighted by atomic mass is 35.5. The van der Waals surface area contributed by atoms with Crippen LogP contribution >= 0.6 is 11.6 Å². The summed E-state index contributed by atoms with van der Waals surface area (Å²) in [4.78, 5) is 12.0. The molecule has 0 aliphatic rings. The number of hydrogen-bond donors (Lipinski definition) is 1. The van der Waals surface area contributed by atoms with Gasteiger partial charge >= 0.3 is 6.18 Å². The Morgan fingerprint density at radius 1 is 1.24 bits per heavy atom. The molecule has 3 rings (SSSR count). The van der Waals surface area contributed by atoms with Crippen molar-refractivity contribution in [3.63, 3.8) is 0 Å². The molecule has 0 spiro atoms. The van der Waals surface area contributed by atoms with Gasteiger partial charge in [-0.1, -0.05) is 11.6 Å². The monoisotopic (exact) mass is 371 g/mol. The zero-order valence-corrected chi connectivity index (χ0v) is 13.6. The molecule has 132 valence electrons. The van der Waals surface area contributed by atoms with Crippen LogP contribution in [0.25, 0.3) is 10.9 Å². The molecule has 1 N–H and O–H groups in total. The Bertz CT molecular complexity index is 902. The second-order valence-corrected chi connectivity index (χ2v) is 5.85. The smallest absolute Gasteiger partial charge is 0.323 e. The summed E-state index contributed by atoms with van der Waals surface area (Å²) < 4.78 is 39.2. The molecule has 0 unspecified atom stereocenters. The first-order valence-electron chi connectivity index (χ1n) is 7.30. The van der Waals surface area contributed by atoms with Gasteiger partial charge in [0.1, 0.15) is 6.54 Å². The van der Waals surface area contributed by atoms with Gasteiger partial charge in [0.25, 0.3) is 0 Å². The van der Waals surface area contributed by atoms with E-state index in [2.05, 4.69) is 15.5 Å². The molecular formula is C15H13ClF3N5O. The number of nitrogens with one attached hydrogen (secondary N) is 1. The summed E-state index contributed by atoms with van der Waals surface area (Å²) in [5.41, 5.74) is 1.01. The van der Waals surface area contributed by atoms with Crippen LogP contribution < -0.4 is 5.32 Å². The number of carbonyl (C=O) groups is 1. The number of hydrogen-bond acceptors (Lipinski definition) is 3. The van der Waals surface area contributed by atoms with Crippen molar-refractivity contribution in [3.05, 3.63) is 41.8 Å². The van der Waals surface area contributed by atoms with E-state index < -0.39 is 12.7 Å². The van der Waals surface area contributed by atoms with Crippen LogP contribution in [0.15, 0.2) is 36.8 Å². The molecule has 0 saturated heterocycles. The summed E-state index contributed by atoms with van der Waals surface area (Å²) in [6, 6.07) is 5.33. The van der Waals surface area contributed by atoms with Crippen LogP contribution in [0.2, 0.25) is 5.02 Å². The summed E-state index contributed by atoms with van der Waals surface area (Å²) in [5.74, 6) is -0.350. The zero-order valence-electron chi connectivity index (χ0n) is 12.8. The van der Waals surface area contributed by atoms with Gasteiger partial charge in [-0.3, -0.25) is 14.2 Å². The fourth-order valence-corrected chi connectivity index (χ4v) is 2.52. The number of benzene rings is 1. The number of halogens is 4. The highest BCUT2D eigenvalue weighted by molar-refractivity contribution is 6.31. The van der Waals surface area contributed by atoms with Gasteiger partial charge in [-0.2, -0.15) is 23.4 Å². The molecule has 0 aliphatic heterocycles. The number of anilines is 1. The Morgan fingerprint density at radius 3 is 2.80 bits per heavy atom. The first kappa shape index (κ1) is 17.3. The summed E-state index contributed by atoms with van der Waals surface area (Å²) in [7, 11) is 0. The number of aromatic nitrogens is 4. The largest absolute Gasteiger partial charge is 0.408 e. The number of rotatable bonds is 5. The molecule has 3 aromatic rings. The Morgan fingerprint density at radius 2 is 2.04 bits per heavy atom. The van der Waals surface area contributed by atoms with Crippen molar-refractivity contribution in [1.82, 2.24) is 19.6 Å². The molecule has 0 atom stereocenters. The average molecular weight is 372 g/mol. The number of carbonyl (C=O) groups excluding carboxylic acids is 1. The van der Waals surface area contributed by atoms with Gasteiger partial charge in [-0.25, -0.2) is 0 Å². The minimum Gasteiger partial charge on any atom is -0.323 e. The van der Waals surface area contributed by atoms with Crippen molar-refractivity contribution < 1.29 is 18.0 Å². The molecule has 1 amide bonds. The first-order chi connectivity index (χ1) is 11.8. The molecule has 10 heteroatoms. The Balaban J connectivity index is 1.58. The minimum atomic E-state index is -4.37. The highest BCUT2D eigenvalue weighted by Crippen LogP contribution is 2.20. The number of aryl methyl sites for hydroxylation is 1. The molecule has 1 aromatic carbocycles. The van der Waals surface area contributed by atoms with E-state index in [1.165, 1.54) is 6.20 Å². The molecule has 2 heterocycles. The lowest BCUT2D eigenvalue weighted by molar-refractivity contribution is -0.142. The third-order valence-corrected chi connectivity index (χ3v) is 3.65. The Kier molecular flexibility index (Phi) is 4.67. The standard InChI is InChI=1S/C15H13ClF3N5O/c16-11-2-1-10-6-21-24(13(10)5-11)4-3-14(25)22-12-7-20-23(8-12)9-15(17,18)19/h1-2,5-8H,3-4,9H2,(H,22,25). The molecule has 2 aromatic heterocycles. The fourth-order valence-electron chi connectivity index (χ4n) is 2.35. The predicted octanol–water partition coefficient (Wildman–Crippen LogP) is 3.48. The Hall–Kier alpha value is -2.55. The number of nitrogens with zero attached hydrogens (tertiary/aromatic N) is 4. The van der Waals surface area contributed by atoms with Gasteiger partial charge in [-0.15, -0.1) is 0 Å². The second kappa shape index (κ2) is 6.75. The number of fused-ring (bicyclic) bond motifs is 1. The minimum absolute atomic E-state index is 0.105. The fraction of sp³-hybridized carbons (Fsp3) is 0.267. The van der Waals surface area contributed by atoms with Crippen LogP contribution in [0.1, 0.15) is 6.42 Å². The van der Waals surface area contributed by atoms with Gasteiger partial charge in [0.15, 0.2) is 0 Å².